The van der Waals surface area contributed by atoms with Crippen LogP contribution in [0.25, 0.3) is 0 Å². The van der Waals surface area contributed by atoms with Gasteiger partial charge in [-0.2, -0.15) is 0 Å². The summed E-state index contributed by atoms with van der Waals surface area (Å²) in [6.45, 7) is 4.41. The highest BCUT2D eigenvalue weighted by molar-refractivity contribution is 5.92. The number of nitrogens with one attached hydrogen (secondary N) is 2. The molecule has 1 aromatic heterocycles. The van der Waals surface area contributed by atoms with Gasteiger partial charge in [-0.3, -0.25) is 4.79 Å². The van der Waals surface area contributed by atoms with Gasteiger partial charge in [0.2, 0.25) is 5.91 Å². The van der Waals surface area contributed by atoms with Crippen molar-refractivity contribution in [2.75, 3.05) is 11.9 Å². The van der Waals surface area contributed by atoms with Crippen LogP contribution in [0.15, 0.2) is 47.1 Å². The summed E-state index contributed by atoms with van der Waals surface area (Å²) in [6.07, 6.45) is 3.49. The summed E-state index contributed by atoms with van der Waals surface area (Å²) in [4.78, 5) is 11.8. The summed E-state index contributed by atoms with van der Waals surface area (Å²) < 4.78 is 5.29. The molecule has 0 aliphatic heterocycles. The van der Waals surface area contributed by atoms with Gasteiger partial charge in [0.15, 0.2) is 0 Å². The van der Waals surface area contributed by atoms with Crippen LogP contribution in [0.2, 0.25) is 0 Å². The molecule has 2 aromatic rings. The van der Waals surface area contributed by atoms with Gasteiger partial charge in [-0.15, -0.1) is 0 Å². The fraction of sp³-hybridized carbons (Fsp3) is 0.353. The number of aryl methyl sites for hydroxylation is 2. The second-order valence-electron chi connectivity index (χ2n) is 5.31. The molecule has 0 radical (unpaired) electrons. The lowest BCUT2D eigenvalue weighted by Gasteiger charge is -2.13. The van der Waals surface area contributed by atoms with Crippen molar-refractivity contribution in [3.8, 4) is 0 Å². The maximum atomic E-state index is 11.8. The molecule has 112 valence electrons. The molecule has 0 aliphatic carbocycles. The van der Waals surface area contributed by atoms with Crippen LogP contribution in [-0.4, -0.2) is 18.5 Å². The van der Waals surface area contributed by atoms with Crippen LogP contribution in [0.4, 0.5) is 5.69 Å². The Kier molecular flexibility index (Phi) is 5.58. The molecule has 0 aliphatic rings. The smallest absolute Gasteiger partial charge is 0.238 e. The highest BCUT2D eigenvalue weighted by Crippen LogP contribution is 2.08. The summed E-state index contributed by atoms with van der Waals surface area (Å²) >= 11 is 0. The number of furan rings is 1. The maximum absolute atomic E-state index is 11.8. The minimum absolute atomic E-state index is 0.0244. The molecule has 1 heterocycles. The zero-order chi connectivity index (χ0) is 15.1. The molecule has 0 fully saturated rings. The molecular weight excluding hydrogens is 264 g/mol. The van der Waals surface area contributed by atoms with Crippen molar-refractivity contribution in [3.63, 3.8) is 0 Å². The van der Waals surface area contributed by atoms with E-state index in [1.807, 2.05) is 43.3 Å². The van der Waals surface area contributed by atoms with E-state index in [0.717, 1.165) is 24.3 Å². The lowest BCUT2D eigenvalue weighted by Crippen LogP contribution is -2.34. The Morgan fingerprint density at radius 2 is 2.00 bits per heavy atom. The molecule has 0 saturated heterocycles. The molecule has 0 bridgehead atoms. The van der Waals surface area contributed by atoms with Crippen LogP contribution in [0.3, 0.4) is 0 Å². The standard InChI is InChI=1S/C17H22N2O2/c1-13-5-8-15(9-6-13)19-17(20)12-18-14(2)7-10-16-4-3-11-21-16/h3-6,8-9,11,14,18H,7,10,12H2,1-2H3,(H,19,20). The lowest BCUT2D eigenvalue weighted by atomic mass is 10.1. The summed E-state index contributed by atoms with van der Waals surface area (Å²) in [7, 11) is 0. The Bertz CT molecular complexity index is 547. The molecule has 4 nitrogen and oxygen atoms in total. The lowest BCUT2D eigenvalue weighted by molar-refractivity contribution is -0.115. The average molecular weight is 286 g/mol. The van der Waals surface area contributed by atoms with Crippen molar-refractivity contribution in [1.29, 1.82) is 0 Å². The van der Waals surface area contributed by atoms with Gasteiger partial charge in [0.1, 0.15) is 5.76 Å². The van der Waals surface area contributed by atoms with Gasteiger partial charge in [-0.1, -0.05) is 17.7 Å². The molecule has 0 saturated carbocycles. The molecule has 21 heavy (non-hydrogen) atoms. The maximum Gasteiger partial charge on any atom is 0.238 e. The molecule has 1 amide bonds. The first-order valence-corrected chi connectivity index (χ1v) is 7.26. The Morgan fingerprint density at radius 3 is 2.67 bits per heavy atom. The Hall–Kier alpha value is -2.07. The number of rotatable bonds is 7. The van der Waals surface area contributed by atoms with E-state index in [4.69, 9.17) is 4.42 Å². The van der Waals surface area contributed by atoms with E-state index in [1.54, 1.807) is 6.26 Å². The first kappa shape index (κ1) is 15.3. The van der Waals surface area contributed by atoms with Crippen LogP contribution in [-0.2, 0) is 11.2 Å². The van der Waals surface area contributed by atoms with Crippen LogP contribution in [0.5, 0.6) is 0 Å². The number of hydrogen-bond donors (Lipinski definition) is 2. The van der Waals surface area contributed by atoms with Crippen molar-refractivity contribution < 1.29 is 9.21 Å². The van der Waals surface area contributed by atoms with Crippen LogP contribution in [0.1, 0.15) is 24.7 Å². The van der Waals surface area contributed by atoms with Gasteiger partial charge in [0, 0.05) is 18.2 Å². The fourth-order valence-corrected chi connectivity index (χ4v) is 2.02. The van der Waals surface area contributed by atoms with Crippen LogP contribution >= 0.6 is 0 Å². The second-order valence-corrected chi connectivity index (χ2v) is 5.31. The fourth-order valence-electron chi connectivity index (χ4n) is 2.02. The van der Waals surface area contributed by atoms with Gasteiger partial charge < -0.3 is 15.1 Å². The number of amides is 1. The topological polar surface area (TPSA) is 54.3 Å². The van der Waals surface area contributed by atoms with E-state index in [1.165, 1.54) is 5.56 Å². The minimum atomic E-state index is -0.0244. The number of benzene rings is 1. The van der Waals surface area contributed by atoms with Crippen LogP contribution < -0.4 is 10.6 Å². The first-order valence-electron chi connectivity index (χ1n) is 7.26. The molecule has 1 unspecified atom stereocenters. The minimum Gasteiger partial charge on any atom is -0.469 e. The normalized spacial score (nSPS) is 12.1. The summed E-state index contributed by atoms with van der Waals surface area (Å²) in [6, 6.07) is 11.9. The predicted octanol–water partition coefficient (Wildman–Crippen LogP) is 3.14. The number of hydrogen-bond acceptors (Lipinski definition) is 3. The molecule has 4 heteroatoms. The van der Waals surface area contributed by atoms with Crippen molar-refractivity contribution in [3.05, 3.63) is 54.0 Å². The highest BCUT2D eigenvalue weighted by atomic mass is 16.3. The predicted molar refractivity (Wildman–Crippen MR) is 84.3 cm³/mol. The zero-order valence-electron chi connectivity index (χ0n) is 12.6. The number of anilines is 1. The molecule has 2 rings (SSSR count). The third-order valence-corrected chi connectivity index (χ3v) is 3.35. The van der Waals surface area contributed by atoms with Gasteiger partial charge in [0.25, 0.3) is 0 Å². The number of carbonyl (C=O) groups excluding carboxylic acids is 1. The first-order chi connectivity index (χ1) is 10.1. The van der Waals surface area contributed by atoms with Gasteiger partial charge in [-0.25, -0.2) is 0 Å². The quantitative estimate of drug-likeness (QED) is 0.822. The van der Waals surface area contributed by atoms with Crippen molar-refractivity contribution >= 4 is 11.6 Å². The van der Waals surface area contributed by atoms with Crippen molar-refractivity contribution in [2.24, 2.45) is 0 Å². The van der Waals surface area contributed by atoms with E-state index >= 15 is 0 Å². The number of carbonyl (C=O) groups is 1. The van der Waals surface area contributed by atoms with Crippen LogP contribution in [0, 0.1) is 6.92 Å². The third-order valence-electron chi connectivity index (χ3n) is 3.35. The van der Waals surface area contributed by atoms with Crippen molar-refractivity contribution in [2.45, 2.75) is 32.7 Å². The third kappa shape index (κ3) is 5.44. The van der Waals surface area contributed by atoms with Gasteiger partial charge in [0.05, 0.1) is 12.8 Å². The van der Waals surface area contributed by atoms with E-state index in [2.05, 4.69) is 17.6 Å². The SMILES string of the molecule is Cc1ccc(NC(=O)CNC(C)CCc2ccco2)cc1. The van der Waals surface area contributed by atoms with E-state index in [0.29, 0.717) is 6.54 Å². The van der Waals surface area contributed by atoms with E-state index < -0.39 is 0 Å². The Balaban J connectivity index is 1.67. The molecule has 0 spiro atoms. The molecule has 1 atom stereocenters. The summed E-state index contributed by atoms with van der Waals surface area (Å²) in [5, 5.41) is 6.10. The molecule has 2 N–H and O–H groups in total. The van der Waals surface area contributed by atoms with Gasteiger partial charge >= 0.3 is 0 Å². The Labute approximate surface area is 125 Å². The largest absolute Gasteiger partial charge is 0.469 e. The van der Waals surface area contributed by atoms with E-state index in [9.17, 15) is 4.79 Å². The molecule has 1 aromatic carbocycles. The summed E-state index contributed by atoms with van der Waals surface area (Å²) in [5.41, 5.74) is 2.01. The molecular formula is C17H22N2O2. The van der Waals surface area contributed by atoms with Crippen molar-refractivity contribution in [1.82, 2.24) is 5.32 Å². The zero-order valence-corrected chi connectivity index (χ0v) is 12.6. The average Bonchev–Trinajstić information content (AvgIpc) is 2.99. The van der Waals surface area contributed by atoms with Gasteiger partial charge in [-0.05, 0) is 44.5 Å². The monoisotopic (exact) mass is 286 g/mol. The Morgan fingerprint density at radius 1 is 1.24 bits per heavy atom. The van der Waals surface area contributed by atoms with E-state index in [-0.39, 0.29) is 11.9 Å². The highest BCUT2D eigenvalue weighted by Gasteiger charge is 2.07. The summed E-state index contributed by atoms with van der Waals surface area (Å²) in [5.74, 6) is 0.955. The second kappa shape index (κ2) is 7.64.